The quantitative estimate of drug-likeness (QED) is 0.560. The lowest BCUT2D eigenvalue weighted by Gasteiger charge is -2.29. The zero-order valence-corrected chi connectivity index (χ0v) is 19.5. The number of rotatable bonds is 7. The molecular weight excluding hydrogens is 398 g/mol. The van der Waals surface area contributed by atoms with E-state index in [1.54, 1.807) is 0 Å². The van der Waals surface area contributed by atoms with Crippen LogP contribution < -0.4 is 10.2 Å². The highest BCUT2D eigenvalue weighted by Crippen LogP contribution is 2.41. The summed E-state index contributed by atoms with van der Waals surface area (Å²) in [6, 6.07) is 16.8. The van der Waals surface area contributed by atoms with Crippen molar-refractivity contribution in [1.29, 1.82) is 0 Å². The Bertz CT molecular complexity index is 1090. The molecule has 1 aliphatic rings. The van der Waals surface area contributed by atoms with E-state index in [-0.39, 0.29) is 7.33 Å². The predicted octanol–water partition coefficient (Wildman–Crippen LogP) is 5.14. The molecule has 3 aromatic rings. The van der Waals surface area contributed by atoms with Crippen LogP contribution in [0.25, 0.3) is 22.5 Å². The van der Waals surface area contributed by atoms with Crippen LogP contribution in [0.15, 0.2) is 48.5 Å². The number of fused-ring (bicyclic) bond motifs is 5. The molecule has 2 heterocycles. The van der Waals surface area contributed by atoms with Crippen molar-refractivity contribution in [3.8, 4) is 22.5 Å². The molecule has 1 unspecified atom stereocenters. The Morgan fingerprint density at radius 1 is 1.09 bits per heavy atom. The number of benzene rings is 2. The van der Waals surface area contributed by atoms with Crippen LogP contribution in [0.1, 0.15) is 47.5 Å². The monoisotopic (exact) mass is 433 g/mol. The van der Waals surface area contributed by atoms with Gasteiger partial charge in [-0.05, 0) is 30.9 Å². The van der Waals surface area contributed by atoms with Crippen LogP contribution >= 0.6 is 0 Å². The first-order valence-electron chi connectivity index (χ1n) is 11.6. The van der Waals surface area contributed by atoms with Crippen molar-refractivity contribution < 1.29 is 6.22 Å². The second kappa shape index (κ2) is 9.65. The maximum absolute atomic E-state index is 13.4. The molecule has 6 nitrogen and oxygen atoms in total. The molecule has 2 aromatic carbocycles. The third-order valence-electron chi connectivity index (χ3n) is 6.07. The molecular formula is C26H35N5O. The number of amides is 1. The van der Waals surface area contributed by atoms with E-state index >= 15 is 0 Å². The average molecular weight is 434 g/mol. The van der Waals surface area contributed by atoms with Crippen LogP contribution in [0.4, 0.5) is 5.69 Å². The molecule has 0 fully saturated rings. The minimum atomic E-state index is 0. The SMILES string of the molecule is CCC(C)NCCC(=O)N1Cc2ccccc2-c2c(nnn2CC(C)C)-c2ccccc21.[HH]. The van der Waals surface area contributed by atoms with Gasteiger partial charge in [-0.1, -0.05) is 68.4 Å². The van der Waals surface area contributed by atoms with Crippen LogP contribution in [0.5, 0.6) is 0 Å². The molecule has 1 aromatic heterocycles. The maximum atomic E-state index is 13.4. The maximum Gasteiger partial charge on any atom is 0.228 e. The van der Waals surface area contributed by atoms with Gasteiger partial charge >= 0.3 is 0 Å². The number of aromatic nitrogens is 3. The lowest BCUT2D eigenvalue weighted by Crippen LogP contribution is -2.35. The number of hydrogen-bond acceptors (Lipinski definition) is 4. The molecule has 0 aliphatic carbocycles. The second-order valence-electron chi connectivity index (χ2n) is 9.03. The molecule has 170 valence electrons. The summed E-state index contributed by atoms with van der Waals surface area (Å²) in [4.78, 5) is 15.3. The number of nitrogens with zero attached hydrogens (tertiary/aromatic N) is 4. The lowest BCUT2D eigenvalue weighted by atomic mass is 9.95. The fraction of sp³-hybridized carbons (Fsp3) is 0.423. The van der Waals surface area contributed by atoms with Crippen molar-refractivity contribution in [3.05, 3.63) is 54.1 Å². The van der Waals surface area contributed by atoms with E-state index in [1.165, 1.54) is 0 Å². The van der Waals surface area contributed by atoms with E-state index in [0.29, 0.717) is 31.5 Å². The molecule has 0 radical (unpaired) electrons. The van der Waals surface area contributed by atoms with Crippen molar-refractivity contribution in [2.75, 3.05) is 11.4 Å². The molecule has 6 heteroatoms. The van der Waals surface area contributed by atoms with Crippen LogP contribution in [0.2, 0.25) is 0 Å². The molecule has 32 heavy (non-hydrogen) atoms. The summed E-state index contributed by atoms with van der Waals surface area (Å²) >= 11 is 0. The van der Waals surface area contributed by atoms with E-state index in [4.69, 9.17) is 0 Å². The standard InChI is InChI=1S/C26H33N5O.H2/c1-5-19(4)27-15-14-24(32)30-17-20-10-6-7-11-21(20)26-25(22-12-8-9-13-23(22)30)28-29-31(26)16-18(2)3;/h6-13,18-19,27H,5,14-17H2,1-4H3;1H. The molecule has 0 bridgehead atoms. The summed E-state index contributed by atoms with van der Waals surface area (Å²) in [5.41, 5.74) is 5.93. The highest BCUT2D eigenvalue weighted by atomic mass is 16.2. The van der Waals surface area contributed by atoms with Crippen molar-refractivity contribution >= 4 is 11.6 Å². The molecule has 0 spiro atoms. The van der Waals surface area contributed by atoms with Crippen LogP contribution in [0.3, 0.4) is 0 Å². The summed E-state index contributed by atoms with van der Waals surface area (Å²) in [7, 11) is 0. The highest BCUT2D eigenvalue weighted by Gasteiger charge is 2.28. The Kier molecular flexibility index (Phi) is 6.70. The van der Waals surface area contributed by atoms with Crippen LogP contribution in [-0.4, -0.2) is 33.5 Å². The van der Waals surface area contributed by atoms with Gasteiger partial charge in [0.25, 0.3) is 0 Å². The zero-order chi connectivity index (χ0) is 22.7. The normalized spacial score (nSPS) is 13.7. The molecule has 1 aliphatic heterocycles. The Morgan fingerprint density at radius 3 is 2.56 bits per heavy atom. The smallest absolute Gasteiger partial charge is 0.228 e. The third-order valence-corrected chi connectivity index (χ3v) is 6.07. The number of carbonyl (C=O) groups excluding carboxylic acids is 1. The number of carbonyl (C=O) groups is 1. The Hall–Kier alpha value is -2.99. The topological polar surface area (TPSA) is 63.1 Å². The van der Waals surface area contributed by atoms with Gasteiger partial charge in [0.2, 0.25) is 5.91 Å². The van der Waals surface area contributed by atoms with Crippen molar-refractivity contribution in [3.63, 3.8) is 0 Å². The summed E-state index contributed by atoms with van der Waals surface area (Å²) in [5.74, 6) is 0.561. The fourth-order valence-corrected chi connectivity index (χ4v) is 4.22. The first-order valence-corrected chi connectivity index (χ1v) is 11.6. The number of para-hydroxylation sites is 1. The first kappa shape index (κ1) is 22.2. The van der Waals surface area contributed by atoms with Crippen molar-refractivity contribution in [1.82, 2.24) is 20.3 Å². The van der Waals surface area contributed by atoms with E-state index in [2.05, 4.69) is 55.5 Å². The largest absolute Gasteiger partial charge is 0.314 e. The molecule has 1 amide bonds. The average Bonchev–Trinajstić information content (AvgIpc) is 3.18. The molecule has 1 atom stereocenters. The Morgan fingerprint density at radius 2 is 1.81 bits per heavy atom. The van der Waals surface area contributed by atoms with E-state index in [0.717, 1.165) is 46.7 Å². The summed E-state index contributed by atoms with van der Waals surface area (Å²) in [6.07, 6.45) is 1.50. The van der Waals surface area contributed by atoms with E-state index < -0.39 is 0 Å². The van der Waals surface area contributed by atoms with Gasteiger partial charge < -0.3 is 10.2 Å². The summed E-state index contributed by atoms with van der Waals surface area (Å²) < 4.78 is 2.02. The van der Waals surface area contributed by atoms with Gasteiger partial charge in [-0.2, -0.15) is 0 Å². The Labute approximate surface area is 192 Å². The highest BCUT2D eigenvalue weighted by molar-refractivity contribution is 6.00. The van der Waals surface area contributed by atoms with Gasteiger partial charge in [-0.25, -0.2) is 4.68 Å². The van der Waals surface area contributed by atoms with Gasteiger partial charge in [-0.3, -0.25) is 4.79 Å². The van der Waals surface area contributed by atoms with E-state index in [9.17, 15) is 4.79 Å². The molecule has 0 saturated heterocycles. The van der Waals surface area contributed by atoms with Gasteiger partial charge in [0.1, 0.15) is 5.69 Å². The van der Waals surface area contributed by atoms with Crippen molar-refractivity contribution in [2.45, 2.75) is 59.7 Å². The van der Waals surface area contributed by atoms with Crippen LogP contribution in [0, 0.1) is 5.92 Å². The van der Waals surface area contributed by atoms with E-state index in [1.807, 2.05) is 46.0 Å². The number of hydrogen-bond donors (Lipinski definition) is 1. The minimum Gasteiger partial charge on any atom is -0.314 e. The lowest BCUT2D eigenvalue weighted by molar-refractivity contribution is -0.118. The molecule has 0 saturated carbocycles. The predicted molar refractivity (Wildman–Crippen MR) is 131 cm³/mol. The minimum absolute atomic E-state index is 0. The van der Waals surface area contributed by atoms with Crippen LogP contribution in [-0.2, 0) is 17.9 Å². The molecule has 1 N–H and O–H groups in total. The number of anilines is 1. The third kappa shape index (κ3) is 4.46. The van der Waals surface area contributed by atoms with Gasteiger partial charge in [0, 0.05) is 38.1 Å². The number of nitrogens with one attached hydrogen (secondary N) is 1. The van der Waals surface area contributed by atoms with Gasteiger partial charge in [-0.15, -0.1) is 5.10 Å². The van der Waals surface area contributed by atoms with Crippen molar-refractivity contribution in [2.24, 2.45) is 5.92 Å². The van der Waals surface area contributed by atoms with Gasteiger partial charge in [0.15, 0.2) is 0 Å². The Balaban J connectivity index is 0.00000306. The fourth-order valence-electron chi connectivity index (χ4n) is 4.22. The molecule has 4 rings (SSSR count). The summed E-state index contributed by atoms with van der Waals surface area (Å²) in [6.45, 7) is 10.7. The first-order chi connectivity index (χ1) is 15.5. The second-order valence-corrected chi connectivity index (χ2v) is 9.03. The zero-order valence-electron chi connectivity index (χ0n) is 19.5. The van der Waals surface area contributed by atoms with Gasteiger partial charge in [0.05, 0.1) is 17.9 Å². The summed E-state index contributed by atoms with van der Waals surface area (Å²) in [5, 5.41) is 12.6.